The van der Waals surface area contributed by atoms with Crippen molar-refractivity contribution in [1.82, 2.24) is 10.3 Å². The first kappa shape index (κ1) is 6.39. The molecule has 4 heteroatoms. The Bertz CT molecular complexity index is 264. The van der Waals surface area contributed by atoms with Crippen molar-refractivity contribution in [2.45, 2.75) is 13.0 Å². The van der Waals surface area contributed by atoms with Crippen molar-refractivity contribution < 1.29 is 0 Å². The molecule has 0 radical (unpaired) electrons. The van der Waals surface area contributed by atoms with E-state index < -0.39 is 0 Å². The highest BCUT2D eigenvalue weighted by molar-refractivity contribution is 5.86. The van der Waals surface area contributed by atoms with Gasteiger partial charge in [-0.1, -0.05) is 0 Å². The standard InChI is InChI=1S/C7H10N4/c1-5-8-4-7-6(10-5)3-9-11(7)2/h3-4,6H,1-2H3,(H,8,10). The fourth-order valence-corrected chi connectivity index (χ4v) is 1.20. The van der Waals surface area contributed by atoms with Crippen LogP contribution in [0.5, 0.6) is 0 Å². The second-order valence-corrected chi connectivity index (χ2v) is 2.66. The third-order valence-electron chi connectivity index (χ3n) is 1.82. The van der Waals surface area contributed by atoms with Gasteiger partial charge < -0.3 is 5.32 Å². The molecule has 0 amide bonds. The summed E-state index contributed by atoms with van der Waals surface area (Å²) < 4.78 is 0. The summed E-state index contributed by atoms with van der Waals surface area (Å²) in [5.41, 5.74) is 1.11. The Morgan fingerprint density at radius 3 is 3.27 bits per heavy atom. The predicted molar refractivity (Wildman–Crippen MR) is 44.4 cm³/mol. The van der Waals surface area contributed by atoms with Gasteiger partial charge in [0.25, 0.3) is 0 Å². The number of rotatable bonds is 0. The van der Waals surface area contributed by atoms with Crippen molar-refractivity contribution in [2.24, 2.45) is 10.1 Å². The number of hydrogen-bond donors (Lipinski definition) is 1. The molecule has 2 aliphatic rings. The Hall–Kier alpha value is -1.32. The maximum atomic E-state index is 4.34. The lowest BCUT2D eigenvalue weighted by atomic mass is 10.2. The third-order valence-corrected chi connectivity index (χ3v) is 1.82. The summed E-state index contributed by atoms with van der Waals surface area (Å²) >= 11 is 0. The van der Waals surface area contributed by atoms with Gasteiger partial charge in [-0.25, -0.2) is 0 Å². The maximum Gasteiger partial charge on any atom is 0.132 e. The van der Waals surface area contributed by atoms with Crippen LogP contribution in [-0.4, -0.2) is 30.1 Å². The van der Waals surface area contributed by atoms with Crippen LogP contribution in [0.2, 0.25) is 0 Å². The normalized spacial score (nSPS) is 27.5. The highest BCUT2D eigenvalue weighted by Gasteiger charge is 2.23. The molecule has 0 saturated heterocycles. The van der Waals surface area contributed by atoms with Crippen LogP contribution in [0.1, 0.15) is 6.92 Å². The molecule has 0 aromatic heterocycles. The van der Waals surface area contributed by atoms with E-state index in [9.17, 15) is 0 Å². The van der Waals surface area contributed by atoms with Crippen molar-refractivity contribution in [3.63, 3.8) is 0 Å². The predicted octanol–water partition coefficient (Wildman–Crippen LogP) is 0.149. The van der Waals surface area contributed by atoms with Gasteiger partial charge in [0.1, 0.15) is 6.04 Å². The van der Waals surface area contributed by atoms with E-state index >= 15 is 0 Å². The van der Waals surface area contributed by atoms with Crippen molar-refractivity contribution in [3.8, 4) is 0 Å². The van der Waals surface area contributed by atoms with Crippen LogP contribution in [0.15, 0.2) is 22.0 Å². The van der Waals surface area contributed by atoms with Crippen LogP contribution in [0.4, 0.5) is 0 Å². The number of hydrazone groups is 1. The van der Waals surface area contributed by atoms with E-state index in [1.807, 2.05) is 31.4 Å². The van der Waals surface area contributed by atoms with Crippen molar-refractivity contribution in [2.75, 3.05) is 7.05 Å². The summed E-state index contributed by atoms with van der Waals surface area (Å²) in [5, 5.41) is 8.99. The Morgan fingerprint density at radius 1 is 1.64 bits per heavy atom. The summed E-state index contributed by atoms with van der Waals surface area (Å²) in [7, 11) is 1.92. The molecule has 2 heterocycles. The molecule has 1 N–H and O–H groups in total. The number of amidine groups is 1. The minimum Gasteiger partial charge on any atom is -0.349 e. The van der Waals surface area contributed by atoms with Crippen LogP contribution in [-0.2, 0) is 0 Å². The lowest BCUT2D eigenvalue weighted by Gasteiger charge is -2.17. The number of aliphatic imine (C=N–C) groups is 1. The van der Waals surface area contributed by atoms with E-state index in [0.29, 0.717) is 0 Å². The first-order chi connectivity index (χ1) is 5.27. The molecule has 2 aliphatic heterocycles. The monoisotopic (exact) mass is 150 g/mol. The Morgan fingerprint density at radius 2 is 2.45 bits per heavy atom. The van der Waals surface area contributed by atoms with E-state index in [2.05, 4.69) is 15.4 Å². The summed E-state index contributed by atoms with van der Waals surface area (Å²) in [4.78, 5) is 4.34. The third kappa shape index (κ3) is 0.906. The van der Waals surface area contributed by atoms with Crippen molar-refractivity contribution in [1.29, 1.82) is 0 Å². The topological polar surface area (TPSA) is 40.0 Å². The quantitative estimate of drug-likeness (QED) is 0.534. The number of fused-ring (bicyclic) bond motifs is 1. The zero-order valence-electron chi connectivity index (χ0n) is 6.57. The molecule has 1 atom stereocenters. The van der Waals surface area contributed by atoms with Gasteiger partial charge in [-0.05, 0) is 6.92 Å². The molecule has 0 saturated carbocycles. The van der Waals surface area contributed by atoms with Crippen LogP contribution in [0.3, 0.4) is 0 Å². The smallest absolute Gasteiger partial charge is 0.132 e. The molecule has 0 spiro atoms. The van der Waals surface area contributed by atoms with E-state index in [-0.39, 0.29) is 6.04 Å². The van der Waals surface area contributed by atoms with Gasteiger partial charge in [0, 0.05) is 13.2 Å². The lowest BCUT2D eigenvalue weighted by Crippen LogP contribution is -2.27. The minimum absolute atomic E-state index is 0.140. The maximum absolute atomic E-state index is 4.34. The highest BCUT2D eigenvalue weighted by Crippen LogP contribution is 2.17. The number of likely N-dealkylation sites (N-methyl/N-ethyl adjacent to an activating group) is 1. The molecular weight excluding hydrogens is 140 g/mol. The Labute approximate surface area is 65.3 Å². The van der Waals surface area contributed by atoms with Crippen LogP contribution < -0.4 is 5.32 Å². The first-order valence-corrected chi connectivity index (χ1v) is 3.56. The zero-order valence-corrected chi connectivity index (χ0v) is 6.57. The van der Waals surface area contributed by atoms with E-state index in [0.717, 1.165) is 11.5 Å². The number of nitrogens with zero attached hydrogens (tertiary/aromatic N) is 3. The van der Waals surface area contributed by atoms with Gasteiger partial charge in [0.05, 0.1) is 17.7 Å². The van der Waals surface area contributed by atoms with Gasteiger partial charge in [-0.3, -0.25) is 10.0 Å². The zero-order chi connectivity index (χ0) is 7.84. The number of nitrogens with one attached hydrogen (secondary N) is 1. The molecule has 58 valence electrons. The SMILES string of the molecule is CC1=NC2C=NN(C)C2=CN1. The molecule has 2 rings (SSSR count). The van der Waals surface area contributed by atoms with E-state index in [4.69, 9.17) is 0 Å². The molecule has 0 fully saturated rings. The van der Waals surface area contributed by atoms with Gasteiger partial charge in [-0.2, -0.15) is 5.10 Å². The fourth-order valence-electron chi connectivity index (χ4n) is 1.20. The summed E-state index contributed by atoms with van der Waals surface area (Å²) in [6, 6.07) is 0.140. The largest absolute Gasteiger partial charge is 0.349 e. The molecule has 1 unspecified atom stereocenters. The summed E-state index contributed by atoms with van der Waals surface area (Å²) in [6.45, 7) is 1.94. The Kier molecular flexibility index (Phi) is 1.21. The minimum atomic E-state index is 0.140. The van der Waals surface area contributed by atoms with E-state index in [1.54, 1.807) is 0 Å². The summed E-state index contributed by atoms with van der Waals surface area (Å²) in [6.07, 6.45) is 3.79. The average Bonchev–Trinajstić information content (AvgIpc) is 2.32. The second-order valence-electron chi connectivity index (χ2n) is 2.66. The van der Waals surface area contributed by atoms with Crippen LogP contribution >= 0.6 is 0 Å². The molecule has 0 aromatic carbocycles. The highest BCUT2D eigenvalue weighted by atomic mass is 15.5. The Balaban J connectivity index is 2.29. The second kappa shape index (κ2) is 2.08. The van der Waals surface area contributed by atoms with Crippen LogP contribution in [0, 0.1) is 0 Å². The van der Waals surface area contributed by atoms with Gasteiger partial charge in [0.2, 0.25) is 0 Å². The van der Waals surface area contributed by atoms with Gasteiger partial charge in [0.15, 0.2) is 0 Å². The van der Waals surface area contributed by atoms with Gasteiger partial charge >= 0.3 is 0 Å². The van der Waals surface area contributed by atoms with Crippen molar-refractivity contribution >= 4 is 12.1 Å². The molecule has 0 bridgehead atoms. The average molecular weight is 150 g/mol. The first-order valence-electron chi connectivity index (χ1n) is 3.56. The summed E-state index contributed by atoms with van der Waals surface area (Å²) in [5.74, 6) is 0.945. The van der Waals surface area contributed by atoms with Crippen molar-refractivity contribution in [3.05, 3.63) is 11.9 Å². The molecular formula is C7H10N4. The molecule has 0 aromatic rings. The van der Waals surface area contributed by atoms with Crippen LogP contribution in [0.25, 0.3) is 0 Å². The molecule has 11 heavy (non-hydrogen) atoms. The molecule has 4 nitrogen and oxygen atoms in total. The van der Waals surface area contributed by atoms with Gasteiger partial charge in [-0.15, -0.1) is 0 Å². The number of hydrogen-bond acceptors (Lipinski definition) is 4. The molecule has 0 aliphatic carbocycles. The lowest BCUT2D eigenvalue weighted by molar-refractivity contribution is 0.453. The van der Waals surface area contributed by atoms with E-state index in [1.165, 1.54) is 0 Å². The fraction of sp³-hybridized carbons (Fsp3) is 0.429.